The predicted molar refractivity (Wildman–Crippen MR) is 77.0 cm³/mol. The van der Waals surface area contributed by atoms with Crippen LogP contribution in [0.2, 0.25) is 0 Å². The average Bonchev–Trinajstić information content (AvgIpc) is 2.84. The summed E-state index contributed by atoms with van der Waals surface area (Å²) >= 11 is 0. The Kier molecular flexibility index (Phi) is 4.84. The van der Waals surface area contributed by atoms with Crippen molar-refractivity contribution in [1.82, 2.24) is 25.0 Å². The molecule has 2 atom stereocenters. The number of nitrogens with two attached hydrogens (primary N) is 1. The van der Waals surface area contributed by atoms with Gasteiger partial charge in [0.25, 0.3) is 0 Å². The Hall–Kier alpha value is -1.76. The molecule has 2 aromatic rings. The fourth-order valence-corrected chi connectivity index (χ4v) is 2.35. The fourth-order valence-electron chi connectivity index (χ4n) is 2.35. The maximum absolute atomic E-state index is 10.0. The van der Waals surface area contributed by atoms with Gasteiger partial charge in [0.1, 0.15) is 6.33 Å². The molecule has 0 amide bonds. The minimum absolute atomic E-state index is 0.133. The van der Waals surface area contributed by atoms with Crippen LogP contribution in [0.1, 0.15) is 52.0 Å². The molecule has 0 bridgehead atoms. The number of fused-ring (bicyclic) bond motifs is 1. The van der Waals surface area contributed by atoms with Crippen molar-refractivity contribution >= 4 is 17.0 Å². The van der Waals surface area contributed by atoms with Crippen molar-refractivity contribution in [2.45, 2.75) is 58.1 Å². The number of aromatic nitrogens is 5. The number of aliphatic hydroxyl groups excluding tert-OH is 1. The summed E-state index contributed by atoms with van der Waals surface area (Å²) in [5.74, 6) is 0.316. The van der Waals surface area contributed by atoms with E-state index in [9.17, 15) is 5.11 Å². The van der Waals surface area contributed by atoms with E-state index in [1.54, 1.807) is 11.6 Å². The number of rotatable bonds is 7. The Labute approximate surface area is 118 Å². The summed E-state index contributed by atoms with van der Waals surface area (Å²) < 4.78 is 1.67. The van der Waals surface area contributed by atoms with Crippen molar-refractivity contribution in [3.8, 4) is 0 Å². The molecule has 0 saturated carbocycles. The predicted octanol–water partition coefficient (Wildman–Crippen LogP) is 1.70. The average molecular weight is 278 g/mol. The first kappa shape index (κ1) is 14.6. The first-order chi connectivity index (χ1) is 9.65. The Morgan fingerprint density at radius 2 is 2.10 bits per heavy atom. The van der Waals surface area contributed by atoms with Gasteiger partial charge in [-0.25, -0.2) is 14.6 Å². The maximum Gasteiger partial charge on any atom is 0.184 e. The lowest BCUT2D eigenvalue weighted by Gasteiger charge is -2.20. The molecule has 0 spiro atoms. The zero-order valence-electron chi connectivity index (χ0n) is 12.0. The molecular weight excluding hydrogens is 256 g/mol. The molecule has 110 valence electrons. The van der Waals surface area contributed by atoms with E-state index < -0.39 is 6.10 Å². The molecule has 7 nitrogen and oxygen atoms in total. The number of anilines is 1. The van der Waals surface area contributed by atoms with Crippen LogP contribution in [0.4, 0.5) is 5.82 Å². The highest BCUT2D eigenvalue weighted by molar-refractivity contribution is 5.80. The van der Waals surface area contributed by atoms with E-state index in [4.69, 9.17) is 5.73 Å². The lowest BCUT2D eigenvalue weighted by atomic mass is 10.0. The molecule has 2 heterocycles. The zero-order valence-corrected chi connectivity index (χ0v) is 12.0. The van der Waals surface area contributed by atoms with E-state index in [1.165, 1.54) is 19.2 Å². The van der Waals surface area contributed by atoms with E-state index in [1.807, 2.05) is 0 Å². The molecule has 20 heavy (non-hydrogen) atoms. The van der Waals surface area contributed by atoms with Crippen molar-refractivity contribution < 1.29 is 5.11 Å². The Morgan fingerprint density at radius 3 is 2.80 bits per heavy atom. The normalized spacial score (nSPS) is 14.6. The Bertz CT molecular complexity index is 553. The van der Waals surface area contributed by atoms with Gasteiger partial charge in [-0.05, 0) is 13.3 Å². The van der Waals surface area contributed by atoms with E-state index in [2.05, 4.69) is 27.2 Å². The molecule has 0 saturated heterocycles. The van der Waals surface area contributed by atoms with Gasteiger partial charge in [-0.2, -0.15) is 0 Å². The second kappa shape index (κ2) is 6.60. The van der Waals surface area contributed by atoms with E-state index in [-0.39, 0.29) is 6.04 Å². The lowest BCUT2D eigenvalue weighted by Crippen LogP contribution is -2.23. The summed E-state index contributed by atoms with van der Waals surface area (Å²) in [6, 6.07) is -0.133. The van der Waals surface area contributed by atoms with Crippen molar-refractivity contribution in [2.75, 3.05) is 5.73 Å². The van der Waals surface area contributed by atoms with Crippen LogP contribution in [0.15, 0.2) is 6.33 Å². The summed E-state index contributed by atoms with van der Waals surface area (Å²) in [6.07, 6.45) is 6.33. The summed E-state index contributed by atoms with van der Waals surface area (Å²) in [6.45, 7) is 3.94. The van der Waals surface area contributed by atoms with Gasteiger partial charge >= 0.3 is 0 Å². The highest BCUT2D eigenvalue weighted by atomic mass is 16.3. The molecule has 0 aromatic carbocycles. The summed E-state index contributed by atoms with van der Waals surface area (Å²) in [4.78, 5) is 8.09. The third-order valence-electron chi connectivity index (χ3n) is 3.51. The van der Waals surface area contributed by atoms with Crippen LogP contribution in [-0.4, -0.2) is 36.2 Å². The van der Waals surface area contributed by atoms with Gasteiger partial charge in [-0.1, -0.05) is 37.8 Å². The molecule has 2 unspecified atom stereocenters. The minimum atomic E-state index is -0.516. The Morgan fingerprint density at radius 1 is 1.30 bits per heavy atom. The number of nitrogen functional groups attached to an aromatic ring is 1. The lowest BCUT2D eigenvalue weighted by molar-refractivity contribution is 0.116. The molecule has 2 aromatic heterocycles. The highest BCUT2D eigenvalue weighted by Gasteiger charge is 2.22. The van der Waals surface area contributed by atoms with Gasteiger partial charge < -0.3 is 10.8 Å². The second-order valence-electron chi connectivity index (χ2n) is 5.12. The molecule has 0 aliphatic heterocycles. The number of nitrogens with zero attached hydrogens (tertiary/aromatic N) is 5. The summed E-state index contributed by atoms with van der Waals surface area (Å²) in [7, 11) is 0. The zero-order chi connectivity index (χ0) is 14.5. The summed E-state index contributed by atoms with van der Waals surface area (Å²) in [5, 5.41) is 18.1. The van der Waals surface area contributed by atoms with Crippen LogP contribution in [0.3, 0.4) is 0 Å². The topological polar surface area (TPSA) is 103 Å². The number of aliphatic hydroxyl groups is 1. The molecule has 0 radical (unpaired) electrons. The Balaban J connectivity index is 2.21. The van der Waals surface area contributed by atoms with Gasteiger partial charge in [0.2, 0.25) is 0 Å². The van der Waals surface area contributed by atoms with E-state index in [0.29, 0.717) is 17.0 Å². The third-order valence-corrected chi connectivity index (χ3v) is 3.51. The fraction of sp³-hybridized carbons (Fsp3) is 0.692. The number of hydrogen-bond acceptors (Lipinski definition) is 6. The van der Waals surface area contributed by atoms with Crippen LogP contribution < -0.4 is 5.73 Å². The van der Waals surface area contributed by atoms with E-state index in [0.717, 1.165) is 19.3 Å². The quantitative estimate of drug-likeness (QED) is 0.747. The second-order valence-corrected chi connectivity index (χ2v) is 5.12. The monoisotopic (exact) mass is 278 g/mol. The van der Waals surface area contributed by atoms with Crippen LogP contribution in [0, 0.1) is 0 Å². The first-order valence-corrected chi connectivity index (χ1v) is 7.14. The molecule has 7 heteroatoms. The van der Waals surface area contributed by atoms with Crippen molar-refractivity contribution in [3.63, 3.8) is 0 Å². The maximum atomic E-state index is 10.0. The van der Waals surface area contributed by atoms with Crippen LogP contribution in [0.25, 0.3) is 11.2 Å². The molecular formula is C13H22N6O. The SMILES string of the molecule is CCCCCCC(C(C)O)n1nnc2c(N)ncnc21. The molecule has 0 fully saturated rings. The van der Waals surface area contributed by atoms with Gasteiger partial charge in [0.05, 0.1) is 12.1 Å². The first-order valence-electron chi connectivity index (χ1n) is 7.14. The van der Waals surface area contributed by atoms with Crippen LogP contribution >= 0.6 is 0 Å². The molecule has 2 rings (SSSR count). The van der Waals surface area contributed by atoms with Gasteiger partial charge in [-0.15, -0.1) is 5.10 Å². The van der Waals surface area contributed by atoms with Crippen molar-refractivity contribution in [3.05, 3.63) is 6.33 Å². The van der Waals surface area contributed by atoms with Gasteiger partial charge in [0.15, 0.2) is 17.0 Å². The van der Waals surface area contributed by atoms with Gasteiger partial charge in [0, 0.05) is 0 Å². The van der Waals surface area contributed by atoms with E-state index >= 15 is 0 Å². The molecule has 0 aliphatic carbocycles. The van der Waals surface area contributed by atoms with Gasteiger partial charge in [-0.3, -0.25) is 0 Å². The third kappa shape index (κ3) is 3.04. The van der Waals surface area contributed by atoms with Crippen molar-refractivity contribution in [1.29, 1.82) is 0 Å². The smallest absolute Gasteiger partial charge is 0.184 e. The summed E-state index contributed by atoms with van der Waals surface area (Å²) in [5.41, 5.74) is 6.83. The number of unbranched alkanes of at least 4 members (excludes halogenated alkanes) is 3. The van der Waals surface area contributed by atoms with Crippen molar-refractivity contribution in [2.24, 2.45) is 0 Å². The van der Waals surface area contributed by atoms with Crippen LogP contribution in [-0.2, 0) is 0 Å². The largest absolute Gasteiger partial charge is 0.391 e. The number of hydrogen-bond donors (Lipinski definition) is 2. The molecule has 3 N–H and O–H groups in total. The highest BCUT2D eigenvalue weighted by Crippen LogP contribution is 2.24. The molecule has 0 aliphatic rings. The van der Waals surface area contributed by atoms with Crippen LogP contribution in [0.5, 0.6) is 0 Å². The minimum Gasteiger partial charge on any atom is -0.391 e. The standard InChI is InChI=1S/C13H22N6O/c1-3-4-5-6-7-10(9(2)20)19-13-11(17-18-19)12(14)15-8-16-13/h8-10,20H,3-7H2,1-2H3,(H2,14,15,16).